The quantitative estimate of drug-likeness (QED) is 0.682. The summed E-state index contributed by atoms with van der Waals surface area (Å²) in [6.45, 7) is 0. The molecule has 1 aromatic rings. The molecule has 0 atom stereocenters. The minimum absolute atomic E-state index is 0.120. The molecule has 23 heavy (non-hydrogen) atoms. The minimum Gasteiger partial charge on any atom is -0.358 e. The molecule has 0 aliphatic heterocycles. The molecule has 6 heteroatoms. The molecule has 0 heterocycles. The van der Waals surface area contributed by atoms with E-state index >= 15 is 0 Å². The van der Waals surface area contributed by atoms with Gasteiger partial charge in [-0.2, -0.15) is 5.26 Å². The summed E-state index contributed by atoms with van der Waals surface area (Å²) in [5, 5.41) is 11.7. The molecule has 1 amide bonds. The van der Waals surface area contributed by atoms with Crippen LogP contribution in [0.4, 0.5) is 14.5 Å². The molecule has 122 valence electrons. The van der Waals surface area contributed by atoms with E-state index in [1.807, 2.05) is 6.07 Å². The maximum atomic E-state index is 13.5. The van der Waals surface area contributed by atoms with Gasteiger partial charge in [0.2, 0.25) is 0 Å². The van der Waals surface area contributed by atoms with Gasteiger partial charge in [0.1, 0.15) is 23.3 Å². The van der Waals surface area contributed by atoms with E-state index in [4.69, 9.17) is 0 Å². The molecular formula is C17H19F2N3O. The molecule has 0 radical (unpaired) electrons. The van der Waals surface area contributed by atoms with Crippen molar-refractivity contribution in [2.45, 2.75) is 38.1 Å². The van der Waals surface area contributed by atoms with Crippen molar-refractivity contribution < 1.29 is 13.6 Å². The molecule has 0 saturated heterocycles. The first-order valence-corrected chi connectivity index (χ1v) is 7.62. The topological polar surface area (TPSA) is 56.1 Å². The third-order valence-corrected chi connectivity index (χ3v) is 4.09. The van der Waals surface area contributed by atoms with Crippen molar-refractivity contribution in [1.82, 2.24) is 4.90 Å². The van der Waals surface area contributed by atoms with Crippen LogP contribution in [0.25, 0.3) is 0 Å². The molecule has 1 fully saturated rings. The zero-order valence-electron chi connectivity index (χ0n) is 13.0. The normalized spacial score (nSPS) is 15.8. The first-order valence-electron chi connectivity index (χ1n) is 7.62. The number of carbonyl (C=O) groups is 1. The van der Waals surface area contributed by atoms with E-state index in [2.05, 4.69) is 5.32 Å². The van der Waals surface area contributed by atoms with Gasteiger partial charge >= 0.3 is 0 Å². The van der Waals surface area contributed by atoms with Gasteiger partial charge in [-0.3, -0.25) is 4.79 Å². The van der Waals surface area contributed by atoms with E-state index in [0.717, 1.165) is 50.1 Å². The van der Waals surface area contributed by atoms with Gasteiger partial charge in [0.15, 0.2) is 0 Å². The summed E-state index contributed by atoms with van der Waals surface area (Å²) >= 11 is 0. The molecule has 0 spiro atoms. The van der Waals surface area contributed by atoms with Crippen molar-refractivity contribution in [2.75, 3.05) is 12.4 Å². The fourth-order valence-electron chi connectivity index (χ4n) is 2.72. The Hall–Kier alpha value is -2.42. The van der Waals surface area contributed by atoms with Crippen molar-refractivity contribution in [3.63, 3.8) is 0 Å². The third kappa shape index (κ3) is 4.28. The average Bonchev–Trinajstić information content (AvgIpc) is 2.58. The number of amides is 1. The number of hydrogen-bond acceptors (Lipinski definition) is 3. The van der Waals surface area contributed by atoms with Crippen LogP contribution in [0.2, 0.25) is 0 Å². The molecule has 1 saturated carbocycles. The molecule has 1 aromatic carbocycles. The fraction of sp³-hybridized carbons (Fsp3) is 0.412. The molecule has 2 rings (SSSR count). The Morgan fingerprint density at radius 3 is 2.70 bits per heavy atom. The number of nitrogens with zero attached hydrogens (tertiary/aromatic N) is 2. The second kappa shape index (κ2) is 7.73. The fourth-order valence-corrected chi connectivity index (χ4v) is 2.72. The van der Waals surface area contributed by atoms with Crippen LogP contribution in [0.3, 0.4) is 0 Å². The number of benzene rings is 1. The summed E-state index contributed by atoms with van der Waals surface area (Å²) in [5.74, 6) is -1.68. The van der Waals surface area contributed by atoms with Crippen LogP contribution in [0.1, 0.15) is 32.1 Å². The monoisotopic (exact) mass is 319 g/mol. The van der Waals surface area contributed by atoms with Crippen LogP contribution >= 0.6 is 0 Å². The van der Waals surface area contributed by atoms with Crippen LogP contribution in [-0.4, -0.2) is 23.9 Å². The van der Waals surface area contributed by atoms with Gasteiger partial charge in [-0.15, -0.1) is 0 Å². The zero-order valence-corrected chi connectivity index (χ0v) is 13.0. The second-order valence-electron chi connectivity index (χ2n) is 5.65. The highest BCUT2D eigenvalue weighted by atomic mass is 19.1. The first-order chi connectivity index (χ1) is 11.0. The highest BCUT2D eigenvalue weighted by molar-refractivity contribution is 5.97. The van der Waals surface area contributed by atoms with Crippen LogP contribution in [0, 0.1) is 23.0 Å². The summed E-state index contributed by atoms with van der Waals surface area (Å²) in [6.07, 6.45) is 6.28. The van der Waals surface area contributed by atoms with E-state index < -0.39 is 17.5 Å². The number of likely N-dealkylation sites (N-methyl/N-ethyl adjacent to an activating group) is 1. The van der Waals surface area contributed by atoms with Crippen molar-refractivity contribution in [2.24, 2.45) is 0 Å². The largest absolute Gasteiger partial charge is 0.358 e. The summed E-state index contributed by atoms with van der Waals surface area (Å²) in [4.78, 5) is 13.9. The second-order valence-corrected chi connectivity index (χ2v) is 5.65. The van der Waals surface area contributed by atoms with E-state index in [9.17, 15) is 18.8 Å². The Morgan fingerprint density at radius 1 is 1.35 bits per heavy atom. The smallest absolute Gasteiger partial charge is 0.266 e. The van der Waals surface area contributed by atoms with Crippen molar-refractivity contribution in [3.8, 4) is 6.07 Å². The summed E-state index contributed by atoms with van der Waals surface area (Å²) in [6, 6.07) is 4.89. The Bertz CT molecular complexity index is 646. The number of carbonyl (C=O) groups excluding carboxylic acids is 1. The number of anilines is 1. The van der Waals surface area contributed by atoms with Gasteiger partial charge in [0.05, 0.1) is 5.69 Å². The van der Waals surface area contributed by atoms with Gasteiger partial charge in [-0.1, -0.05) is 19.3 Å². The maximum Gasteiger partial charge on any atom is 0.266 e. The highest BCUT2D eigenvalue weighted by Gasteiger charge is 2.24. The third-order valence-electron chi connectivity index (χ3n) is 4.09. The first kappa shape index (κ1) is 16.9. The van der Waals surface area contributed by atoms with Gasteiger partial charge in [0, 0.05) is 25.4 Å². The molecule has 0 aromatic heterocycles. The minimum atomic E-state index is -0.659. The van der Waals surface area contributed by atoms with Crippen LogP contribution in [0.15, 0.2) is 30.0 Å². The van der Waals surface area contributed by atoms with Gasteiger partial charge in [-0.25, -0.2) is 8.78 Å². The van der Waals surface area contributed by atoms with E-state index in [1.54, 1.807) is 11.9 Å². The van der Waals surface area contributed by atoms with Crippen LogP contribution in [-0.2, 0) is 4.79 Å². The lowest BCUT2D eigenvalue weighted by Crippen LogP contribution is -2.39. The lowest BCUT2D eigenvalue weighted by atomic mass is 9.94. The van der Waals surface area contributed by atoms with E-state index in [0.29, 0.717) is 0 Å². The Labute approximate surface area is 134 Å². The van der Waals surface area contributed by atoms with E-state index in [1.165, 1.54) is 6.42 Å². The summed E-state index contributed by atoms with van der Waals surface area (Å²) in [7, 11) is 1.67. The Kier molecular flexibility index (Phi) is 5.69. The van der Waals surface area contributed by atoms with Crippen LogP contribution in [0.5, 0.6) is 0 Å². The zero-order chi connectivity index (χ0) is 16.8. The van der Waals surface area contributed by atoms with Crippen molar-refractivity contribution in [3.05, 3.63) is 41.6 Å². The lowest BCUT2D eigenvalue weighted by Gasteiger charge is -2.31. The lowest BCUT2D eigenvalue weighted by molar-refractivity contribution is -0.128. The Morgan fingerprint density at radius 2 is 2.04 bits per heavy atom. The SMILES string of the molecule is CN(C(=O)/C(C#N)=C\Nc1cc(F)ccc1F)C1CCCCC1. The maximum absolute atomic E-state index is 13.5. The van der Waals surface area contributed by atoms with Gasteiger partial charge in [-0.05, 0) is 25.0 Å². The standard InChI is InChI=1S/C17H19F2N3O/c1-22(14-5-3-2-4-6-14)17(23)12(10-20)11-21-16-9-13(18)7-8-15(16)19/h7-9,11,14,21H,2-6H2,1H3/b12-11-. The molecule has 1 N–H and O–H groups in total. The highest BCUT2D eigenvalue weighted by Crippen LogP contribution is 2.23. The molecule has 0 bridgehead atoms. The van der Waals surface area contributed by atoms with Gasteiger partial charge < -0.3 is 10.2 Å². The average molecular weight is 319 g/mol. The van der Waals surface area contributed by atoms with E-state index in [-0.39, 0.29) is 17.3 Å². The number of rotatable bonds is 4. The van der Waals surface area contributed by atoms with Crippen molar-refractivity contribution >= 4 is 11.6 Å². The number of halogens is 2. The summed E-state index contributed by atoms with van der Waals surface area (Å²) in [5.41, 5.74) is -0.257. The van der Waals surface area contributed by atoms with Crippen molar-refractivity contribution in [1.29, 1.82) is 5.26 Å². The molecule has 0 unspecified atom stereocenters. The molecule has 4 nitrogen and oxygen atoms in total. The van der Waals surface area contributed by atoms with Gasteiger partial charge in [0.25, 0.3) is 5.91 Å². The number of nitriles is 1. The predicted molar refractivity (Wildman–Crippen MR) is 83.3 cm³/mol. The molecule has 1 aliphatic carbocycles. The number of nitrogens with one attached hydrogen (secondary N) is 1. The molecule has 1 aliphatic rings. The predicted octanol–water partition coefficient (Wildman–Crippen LogP) is 3.58. The Balaban J connectivity index is 2.10. The summed E-state index contributed by atoms with van der Waals surface area (Å²) < 4.78 is 26.7. The number of hydrogen-bond donors (Lipinski definition) is 1. The molecular weight excluding hydrogens is 300 g/mol. The van der Waals surface area contributed by atoms with Crippen LogP contribution < -0.4 is 5.32 Å².